The summed E-state index contributed by atoms with van der Waals surface area (Å²) in [5, 5.41) is 11.7. The Morgan fingerprint density at radius 1 is 1.16 bits per heavy atom. The Bertz CT molecular complexity index is 1110. The van der Waals surface area contributed by atoms with E-state index in [-0.39, 0.29) is 17.7 Å². The lowest BCUT2D eigenvalue weighted by molar-refractivity contribution is -0.129. The summed E-state index contributed by atoms with van der Waals surface area (Å²) < 4.78 is 5.61. The molecule has 4 heterocycles. The number of H-pyrrole nitrogens is 1. The molecule has 2 saturated heterocycles. The van der Waals surface area contributed by atoms with Gasteiger partial charge in [-0.3, -0.25) is 14.8 Å². The van der Waals surface area contributed by atoms with Gasteiger partial charge >= 0.3 is 0 Å². The van der Waals surface area contributed by atoms with E-state index in [0.29, 0.717) is 0 Å². The SMILES string of the molecule is CC(=O)N1CCC(c2noc(C3CN(Cc4cn[nH]c4-c4ccc(C)c(C)c4)C3)n2)CC1. The Morgan fingerprint density at radius 2 is 1.94 bits per heavy atom. The van der Waals surface area contributed by atoms with Crippen molar-refractivity contribution in [3.8, 4) is 11.3 Å². The molecule has 1 aromatic carbocycles. The van der Waals surface area contributed by atoms with Gasteiger partial charge in [-0.15, -0.1) is 0 Å². The number of rotatable bonds is 5. The molecule has 0 unspecified atom stereocenters. The number of benzene rings is 1. The Labute approximate surface area is 188 Å². The summed E-state index contributed by atoms with van der Waals surface area (Å²) >= 11 is 0. The number of aromatic nitrogens is 4. The molecule has 2 aliphatic rings. The van der Waals surface area contributed by atoms with Gasteiger partial charge in [0.1, 0.15) is 0 Å². The summed E-state index contributed by atoms with van der Waals surface area (Å²) in [5.74, 6) is 2.25. The van der Waals surface area contributed by atoms with Crippen LogP contribution < -0.4 is 0 Å². The average molecular weight is 435 g/mol. The molecule has 2 aliphatic heterocycles. The van der Waals surface area contributed by atoms with Gasteiger partial charge in [-0.1, -0.05) is 17.3 Å². The van der Waals surface area contributed by atoms with E-state index in [4.69, 9.17) is 9.51 Å². The molecule has 32 heavy (non-hydrogen) atoms. The summed E-state index contributed by atoms with van der Waals surface area (Å²) in [4.78, 5) is 20.5. The second-order valence-electron chi connectivity index (χ2n) is 9.23. The molecular weight excluding hydrogens is 404 g/mol. The van der Waals surface area contributed by atoms with Crippen LogP contribution in [0, 0.1) is 13.8 Å². The van der Waals surface area contributed by atoms with Crippen LogP contribution in [0.25, 0.3) is 11.3 Å². The summed E-state index contributed by atoms with van der Waals surface area (Å²) in [5.41, 5.74) is 6.05. The number of nitrogens with one attached hydrogen (secondary N) is 1. The monoisotopic (exact) mass is 434 g/mol. The summed E-state index contributed by atoms with van der Waals surface area (Å²) in [6, 6.07) is 6.53. The minimum atomic E-state index is 0.144. The van der Waals surface area contributed by atoms with Crippen LogP contribution in [0.2, 0.25) is 0 Å². The molecule has 8 nitrogen and oxygen atoms in total. The topological polar surface area (TPSA) is 91.2 Å². The Kier molecular flexibility index (Phi) is 5.55. The first kappa shape index (κ1) is 20.9. The average Bonchev–Trinajstić information content (AvgIpc) is 3.42. The fraction of sp³-hybridized carbons (Fsp3) is 0.500. The van der Waals surface area contributed by atoms with Crippen LogP contribution >= 0.6 is 0 Å². The lowest BCUT2D eigenvalue weighted by Gasteiger charge is -2.37. The lowest BCUT2D eigenvalue weighted by atomic mass is 9.95. The first-order valence-corrected chi connectivity index (χ1v) is 11.4. The van der Waals surface area contributed by atoms with E-state index in [0.717, 1.165) is 63.0 Å². The molecule has 1 N–H and O–H groups in total. The number of likely N-dealkylation sites (tertiary alicyclic amines) is 2. The molecule has 2 aromatic heterocycles. The van der Waals surface area contributed by atoms with Crippen molar-refractivity contribution in [2.24, 2.45) is 0 Å². The van der Waals surface area contributed by atoms with E-state index in [1.807, 2.05) is 11.1 Å². The van der Waals surface area contributed by atoms with Gasteiger partial charge in [0.25, 0.3) is 0 Å². The highest BCUT2D eigenvalue weighted by atomic mass is 16.5. The van der Waals surface area contributed by atoms with Gasteiger partial charge in [0.15, 0.2) is 5.82 Å². The molecule has 1 amide bonds. The third-order valence-electron chi connectivity index (χ3n) is 6.98. The molecule has 0 atom stereocenters. The molecule has 0 radical (unpaired) electrons. The minimum Gasteiger partial charge on any atom is -0.343 e. The second-order valence-corrected chi connectivity index (χ2v) is 9.23. The van der Waals surface area contributed by atoms with Crippen LogP contribution in [0.3, 0.4) is 0 Å². The van der Waals surface area contributed by atoms with Crippen molar-refractivity contribution in [2.45, 2.75) is 52.0 Å². The van der Waals surface area contributed by atoms with Crippen molar-refractivity contribution in [1.29, 1.82) is 0 Å². The maximum Gasteiger partial charge on any atom is 0.232 e. The van der Waals surface area contributed by atoms with Crippen LogP contribution in [0.4, 0.5) is 0 Å². The van der Waals surface area contributed by atoms with E-state index < -0.39 is 0 Å². The van der Waals surface area contributed by atoms with Crippen LogP contribution in [0.15, 0.2) is 28.9 Å². The highest BCUT2D eigenvalue weighted by Gasteiger charge is 2.34. The zero-order chi connectivity index (χ0) is 22.2. The maximum atomic E-state index is 11.5. The second kappa shape index (κ2) is 8.50. The normalized spacial score (nSPS) is 18.2. The van der Waals surface area contributed by atoms with Crippen LogP contribution in [-0.4, -0.2) is 62.2 Å². The van der Waals surface area contributed by atoms with Crippen molar-refractivity contribution in [1.82, 2.24) is 30.1 Å². The number of aryl methyl sites for hydroxylation is 2. The Balaban J connectivity index is 1.17. The van der Waals surface area contributed by atoms with E-state index >= 15 is 0 Å². The van der Waals surface area contributed by atoms with Crippen molar-refractivity contribution < 1.29 is 9.32 Å². The summed E-state index contributed by atoms with van der Waals surface area (Å²) in [7, 11) is 0. The lowest BCUT2D eigenvalue weighted by Crippen LogP contribution is -2.44. The third-order valence-corrected chi connectivity index (χ3v) is 6.98. The van der Waals surface area contributed by atoms with Gasteiger partial charge in [0, 0.05) is 56.7 Å². The van der Waals surface area contributed by atoms with Gasteiger partial charge in [-0.25, -0.2) is 0 Å². The molecule has 0 aliphatic carbocycles. The number of hydrogen-bond donors (Lipinski definition) is 1. The fourth-order valence-electron chi connectivity index (χ4n) is 4.71. The van der Waals surface area contributed by atoms with Gasteiger partial charge in [0.2, 0.25) is 11.8 Å². The first-order chi connectivity index (χ1) is 15.5. The van der Waals surface area contributed by atoms with Gasteiger partial charge in [-0.05, 0) is 43.9 Å². The zero-order valence-electron chi connectivity index (χ0n) is 19.0. The van der Waals surface area contributed by atoms with Gasteiger partial charge in [-0.2, -0.15) is 10.1 Å². The van der Waals surface area contributed by atoms with Gasteiger partial charge < -0.3 is 9.42 Å². The molecule has 8 heteroatoms. The standard InChI is InChI=1S/C24H30N6O2/c1-15-4-5-19(10-16(15)2)22-20(11-25-27-22)12-29-13-21(14-29)24-26-23(28-32-24)18-6-8-30(9-7-18)17(3)31/h4-5,10-11,18,21H,6-9,12-14H2,1-3H3,(H,25,27). The number of carbonyl (C=O) groups is 1. The number of piperidine rings is 1. The third kappa shape index (κ3) is 4.07. The molecule has 2 fully saturated rings. The molecule has 0 spiro atoms. The zero-order valence-corrected chi connectivity index (χ0v) is 19.0. The number of nitrogens with zero attached hydrogens (tertiary/aromatic N) is 5. The number of aromatic amines is 1. The molecule has 168 valence electrons. The summed E-state index contributed by atoms with van der Waals surface area (Å²) in [6.07, 6.45) is 3.73. The molecule has 5 rings (SSSR count). The highest BCUT2D eigenvalue weighted by molar-refractivity contribution is 5.73. The molecule has 0 saturated carbocycles. The predicted molar refractivity (Wildman–Crippen MR) is 120 cm³/mol. The molecular formula is C24H30N6O2. The quantitative estimate of drug-likeness (QED) is 0.662. The molecule has 3 aromatic rings. The molecule has 0 bridgehead atoms. The number of amides is 1. The minimum absolute atomic E-state index is 0.144. The number of hydrogen-bond acceptors (Lipinski definition) is 6. The van der Waals surface area contributed by atoms with E-state index in [9.17, 15) is 4.79 Å². The Hall–Kier alpha value is -3.00. The first-order valence-electron chi connectivity index (χ1n) is 11.4. The maximum absolute atomic E-state index is 11.5. The van der Waals surface area contributed by atoms with Crippen molar-refractivity contribution in [2.75, 3.05) is 26.2 Å². The van der Waals surface area contributed by atoms with E-state index in [2.05, 4.69) is 52.3 Å². The van der Waals surface area contributed by atoms with Crippen molar-refractivity contribution in [3.63, 3.8) is 0 Å². The Morgan fingerprint density at radius 3 is 2.66 bits per heavy atom. The largest absolute Gasteiger partial charge is 0.343 e. The fourth-order valence-corrected chi connectivity index (χ4v) is 4.71. The van der Waals surface area contributed by atoms with Crippen LogP contribution in [-0.2, 0) is 11.3 Å². The predicted octanol–water partition coefficient (Wildman–Crippen LogP) is 3.40. The van der Waals surface area contributed by atoms with E-state index in [1.54, 1.807) is 6.92 Å². The smallest absolute Gasteiger partial charge is 0.232 e. The van der Waals surface area contributed by atoms with Crippen molar-refractivity contribution in [3.05, 3.63) is 52.8 Å². The van der Waals surface area contributed by atoms with Crippen LogP contribution in [0.5, 0.6) is 0 Å². The van der Waals surface area contributed by atoms with Crippen LogP contribution in [0.1, 0.15) is 60.0 Å². The van der Waals surface area contributed by atoms with Crippen molar-refractivity contribution >= 4 is 5.91 Å². The summed E-state index contributed by atoms with van der Waals surface area (Å²) in [6.45, 7) is 10.1. The van der Waals surface area contributed by atoms with Gasteiger partial charge in [0.05, 0.1) is 17.8 Å². The highest BCUT2D eigenvalue weighted by Crippen LogP contribution is 2.32. The number of carbonyl (C=O) groups excluding carboxylic acids is 1. The van der Waals surface area contributed by atoms with E-state index in [1.165, 1.54) is 22.3 Å².